The molecular weight excluding hydrogens is 341 g/mol. The van der Waals surface area contributed by atoms with Crippen molar-refractivity contribution in [1.29, 1.82) is 0 Å². The van der Waals surface area contributed by atoms with Gasteiger partial charge in [0.1, 0.15) is 5.82 Å². The van der Waals surface area contributed by atoms with Gasteiger partial charge in [-0.15, -0.1) is 0 Å². The number of hydrogen-bond acceptors (Lipinski definition) is 5. The molecule has 0 aliphatic heterocycles. The molecule has 7 nitrogen and oxygen atoms in total. The zero-order valence-corrected chi connectivity index (χ0v) is 14.6. The van der Waals surface area contributed by atoms with Crippen LogP contribution in [-0.2, 0) is 22.6 Å². The van der Waals surface area contributed by atoms with Gasteiger partial charge in [0.15, 0.2) is 12.3 Å². The summed E-state index contributed by atoms with van der Waals surface area (Å²) in [4.78, 5) is 36.9. The van der Waals surface area contributed by atoms with Crippen LogP contribution in [0.3, 0.4) is 0 Å². The van der Waals surface area contributed by atoms with E-state index >= 15 is 0 Å². The number of nitrogens with zero attached hydrogens (tertiary/aromatic N) is 3. The van der Waals surface area contributed by atoms with Gasteiger partial charge in [-0.1, -0.05) is 25.1 Å². The maximum atomic E-state index is 13.6. The van der Waals surface area contributed by atoms with Crippen molar-refractivity contribution in [3.63, 3.8) is 0 Å². The number of rotatable bonds is 7. The highest BCUT2D eigenvalue weighted by Gasteiger charge is 2.16. The summed E-state index contributed by atoms with van der Waals surface area (Å²) in [5.74, 6) is -1.70. The predicted molar refractivity (Wildman–Crippen MR) is 91.9 cm³/mol. The van der Waals surface area contributed by atoms with Gasteiger partial charge < -0.3 is 9.64 Å². The topological polar surface area (TPSA) is 81.5 Å². The Hall–Kier alpha value is -3.03. The van der Waals surface area contributed by atoms with E-state index < -0.39 is 24.3 Å². The van der Waals surface area contributed by atoms with Crippen molar-refractivity contribution >= 4 is 11.9 Å². The Morgan fingerprint density at radius 2 is 1.96 bits per heavy atom. The van der Waals surface area contributed by atoms with Crippen LogP contribution in [0.15, 0.2) is 41.2 Å². The zero-order valence-electron chi connectivity index (χ0n) is 14.6. The molecular formula is C18H20FN3O4. The molecule has 0 saturated heterocycles. The van der Waals surface area contributed by atoms with E-state index in [9.17, 15) is 18.8 Å². The number of esters is 1. The fraction of sp³-hybridized carbons (Fsp3) is 0.333. The van der Waals surface area contributed by atoms with E-state index in [-0.39, 0.29) is 17.8 Å². The summed E-state index contributed by atoms with van der Waals surface area (Å²) in [6, 6.07) is 8.60. The molecule has 0 radical (unpaired) electrons. The first-order valence-electron chi connectivity index (χ1n) is 8.15. The smallest absolute Gasteiger partial charge is 0.359 e. The average Bonchev–Trinajstić information content (AvgIpc) is 2.63. The van der Waals surface area contributed by atoms with Crippen LogP contribution >= 0.6 is 0 Å². The lowest BCUT2D eigenvalue weighted by Crippen LogP contribution is -2.31. The van der Waals surface area contributed by atoms with Crippen molar-refractivity contribution in [2.75, 3.05) is 13.7 Å². The van der Waals surface area contributed by atoms with Crippen molar-refractivity contribution in [3.8, 4) is 0 Å². The van der Waals surface area contributed by atoms with Crippen LogP contribution in [0.5, 0.6) is 0 Å². The molecule has 0 aliphatic rings. The van der Waals surface area contributed by atoms with Crippen LogP contribution in [0, 0.1) is 5.82 Å². The molecule has 0 saturated carbocycles. The second-order valence-electron chi connectivity index (χ2n) is 5.70. The summed E-state index contributed by atoms with van der Waals surface area (Å²) in [6.07, 6.45) is 0.685. The Labute approximate surface area is 150 Å². The minimum absolute atomic E-state index is 0.0531. The van der Waals surface area contributed by atoms with Crippen LogP contribution < -0.4 is 5.56 Å². The average molecular weight is 361 g/mol. The maximum absolute atomic E-state index is 13.6. The molecule has 26 heavy (non-hydrogen) atoms. The summed E-state index contributed by atoms with van der Waals surface area (Å²) in [5.41, 5.74) is -0.00492. The quantitative estimate of drug-likeness (QED) is 0.700. The third-order valence-electron chi connectivity index (χ3n) is 3.63. The molecule has 2 aromatic rings. The molecule has 0 bridgehead atoms. The van der Waals surface area contributed by atoms with Crippen molar-refractivity contribution in [2.24, 2.45) is 0 Å². The van der Waals surface area contributed by atoms with Crippen molar-refractivity contribution in [2.45, 2.75) is 26.4 Å². The molecule has 8 heteroatoms. The molecule has 0 aliphatic carbocycles. The Bertz CT molecular complexity index is 850. The van der Waals surface area contributed by atoms with Crippen LogP contribution in [0.1, 0.15) is 29.4 Å². The molecule has 0 atom stereocenters. The summed E-state index contributed by atoms with van der Waals surface area (Å²) < 4.78 is 19.7. The van der Waals surface area contributed by atoms with Gasteiger partial charge in [-0.2, -0.15) is 5.10 Å². The summed E-state index contributed by atoms with van der Waals surface area (Å²) in [6.45, 7) is 1.81. The minimum Gasteiger partial charge on any atom is -0.451 e. The van der Waals surface area contributed by atoms with Gasteiger partial charge in [-0.05, 0) is 18.6 Å². The largest absolute Gasteiger partial charge is 0.451 e. The number of hydrogen-bond donors (Lipinski definition) is 0. The zero-order chi connectivity index (χ0) is 19.1. The number of carbonyl (C=O) groups excluding carboxylic acids is 2. The minimum atomic E-state index is -0.803. The second-order valence-corrected chi connectivity index (χ2v) is 5.70. The Kier molecular flexibility index (Phi) is 6.60. The van der Waals surface area contributed by atoms with Crippen LogP contribution in [-0.4, -0.2) is 40.2 Å². The molecule has 0 fully saturated rings. The van der Waals surface area contributed by atoms with E-state index in [1.54, 1.807) is 18.2 Å². The highest BCUT2D eigenvalue weighted by Crippen LogP contribution is 2.09. The first-order chi connectivity index (χ1) is 12.4. The molecule has 2 rings (SSSR count). The molecule has 1 aromatic carbocycles. The molecule has 1 amide bonds. The third-order valence-corrected chi connectivity index (χ3v) is 3.63. The predicted octanol–water partition coefficient (Wildman–Crippen LogP) is 1.61. The first kappa shape index (κ1) is 19.3. The highest BCUT2D eigenvalue weighted by atomic mass is 19.1. The third kappa shape index (κ3) is 4.98. The molecule has 1 aromatic heterocycles. The number of aryl methyl sites for hydroxylation is 1. The van der Waals surface area contributed by atoms with E-state index in [1.165, 1.54) is 34.8 Å². The summed E-state index contributed by atoms with van der Waals surface area (Å²) in [7, 11) is 1.49. The normalized spacial score (nSPS) is 10.4. The molecule has 1 heterocycles. The standard InChI is InChI=1S/C18H20FN3O4/c1-3-10-22-16(23)9-8-15(20-22)18(25)26-12-17(24)21(2)11-13-6-4-5-7-14(13)19/h4-9H,3,10-12H2,1-2H3. The van der Waals surface area contributed by atoms with Gasteiger partial charge in [-0.25, -0.2) is 13.9 Å². The fourth-order valence-electron chi connectivity index (χ4n) is 2.21. The van der Waals surface area contributed by atoms with Gasteiger partial charge in [0.25, 0.3) is 11.5 Å². The lowest BCUT2D eigenvalue weighted by Gasteiger charge is -2.17. The lowest BCUT2D eigenvalue weighted by atomic mass is 10.2. The van der Waals surface area contributed by atoms with Crippen LogP contribution in [0.2, 0.25) is 0 Å². The van der Waals surface area contributed by atoms with E-state index in [4.69, 9.17) is 4.74 Å². The van der Waals surface area contributed by atoms with Crippen molar-refractivity contribution < 1.29 is 18.7 Å². The molecule has 138 valence electrons. The molecule has 0 spiro atoms. The Morgan fingerprint density at radius 1 is 1.23 bits per heavy atom. The number of benzene rings is 1. The molecule has 0 unspecified atom stereocenters. The Balaban J connectivity index is 1.94. The summed E-state index contributed by atoms with van der Waals surface area (Å²) >= 11 is 0. The van der Waals surface area contributed by atoms with Gasteiger partial charge in [0, 0.05) is 31.8 Å². The number of amides is 1. The molecule has 0 N–H and O–H groups in total. The number of aromatic nitrogens is 2. The number of ether oxygens (including phenoxy) is 1. The second kappa shape index (κ2) is 8.89. The number of halogens is 1. The Morgan fingerprint density at radius 3 is 2.65 bits per heavy atom. The van der Waals surface area contributed by atoms with Crippen molar-refractivity contribution in [1.82, 2.24) is 14.7 Å². The fourth-order valence-corrected chi connectivity index (χ4v) is 2.21. The number of carbonyl (C=O) groups is 2. The lowest BCUT2D eigenvalue weighted by molar-refractivity contribution is -0.133. The van der Waals surface area contributed by atoms with Gasteiger partial charge in [0.2, 0.25) is 0 Å². The van der Waals surface area contributed by atoms with Gasteiger partial charge >= 0.3 is 5.97 Å². The summed E-state index contributed by atoms with van der Waals surface area (Å²) in [5, 5.41) is 3.92. The van der Waals surface area contributed by atoms with Gasteiger partial charge in [-0.3, -0.25) is 9.59 Å². The monoisotopic (exact) mass is 361 g/mol. The van der Waals surface area contributed by atoms with Gasteiger partial charge in [0.05, 0.1) is 0 Å². The van der Waals surface area contributed by atoms with E-state index in [0.29, 0.717) is 18.5 Å². The van der Waals surface area contributed by atoms with E-state index in [0.717, 1.165) is 0 Å². The van der Waals surface area contributed by atoms with E-state index in [2.05, 4.69) is 5.10 Å². The first-order valence-corrected chi connectivity index (χ1v) is 8.15. The number of likely N-dealkylation sites (N-methyl/N-ethyl adjacent to an activating group) is 1. The van der Waals surface area contributed by atoms with Crippen LogP contribution in [0.25, 0.3) is 0 Å². The van der Waals surface area contributed by atoms with Crippen molar-refractivity contribution in [3.05, 3.63) is 63.8 Å². The van der Waals surface area contributed by atoms with E-state index in [1.807, 2.05) is 6.92 Å². The highest BCUT2D eigenvalue weighted by molar-refractivity contribution is 5.89. The SMILES string of the molecule is CCCn1nc(C(=O)OCC(=O)N(C)Cc2ccccc2F)ccc1=O. The van der Waals surface area contributed by atoms with Crippen LogP contribution in [0.4, 0.5) is 4.39 Å². The maximum Gasteiger partial charge on any atom is 0.359 e.